The molecule has 2 fully saturated rings. The van der Waals surface area contributed by atoms with Gasteiger partial charge in [0.1, 0.15) is 0 Å². The second-order valence-corrected chi connectivity index (χ2v) is 11.3. The summed E-state index contributed by atoms with van der Waals surface area (Å²) in [6.07, 6.45) is 10.2. The van der Waals surface area contributed by atoms with E-state index in [1.165, 1.54) is 42.6 Å². The highest BCUT2D eigenvalue weighted by Crippen LogP contribution is 2.31. The van der Waals surface area contributed by atoms with Crippen molar-refractivity contribution in [3.63, 3.8) is 0 Å². The fourth-order valence-corrected chi connectivity index (χ4v) is 6.22. The summed E-state index contributed by atoms with van der Waals surface area (Å²) in [6.45, 7) is 9.12. The van der Waals surface area contributed by atoms with Crippen LogP contribution in [0.1, 0.15) is 35.2 Å². The number of hydrogen-bond donors (Lipinski definition) is 3. The van der Waals surface area contributed by atoms with E-state index in [2.05, 4.69) is 66.5 Å². The standard InChI is InChI=1S/C33H41N7O/c34-28-8-9-29-25(24-37-31(29)21-28)10-15-39-16-18-40(19-17-39)32-7-2-1-6-30(32)26-20-27(23-35-22-26)33(41)36-11-5-14-38-12-3-4-13-38/h1-2,6-9,20-24,37H,3-5,10-19,34H2,(H,36,41). The van der Waals surface area contributed by atoms with Crippen molar-refractivity contribution in [1.29, 1.82) is 0 Å². The van der Waals surface area contributed by atoms with Crippen LogP contribution in [-0.2, 0) is 6.42 Å². The molecule has 0 unspecified atom stereocenters. The number of nitrogen functional groups attached to an aromatic ring is 1. The number of fused-ring (bicyclic) bond motifs is 1. The number of carbonyl (C=O) groups excluding carboxylic acids is 1. The maximum absolute atomic E-state index is 12.9. The van der Waals surface area contributed by atoms with Gasteiger partial charge in [-0.2, -0.15) is 0 Å². The summed E-state index contributed by atoms with van der Waals surface area (Å²) in [5.74, 6) is -0.0504. The number of likely N-dealkylation sites (tertiary alicyclic amines) is 1. The number of aromatic nitrogens is 2. The number of benzene rings is 2. The van der Waals surface area contributed by atoms with Crippen molar-refractivity contribution in [2.24, 2.45) is 0 Å². The number of H-pyrrole nitrogens is 1. The first-order valence-corrected chi connectivity index (χ1v) is 15.0. The van der Waals surface area contributed by atoms with Gasteiger partial charge in [-0.3, -0.25) is 14.7 Å². The molecular weight excluding hydrogens is 510 g/mol. The average Bonchev–Trinajstić information content (AvgIpc) is 3.68. The van der Waals surface area contributed by atoms with Crippen molar-refractivity contribution >= 4 is 28.2 Å². The monoisotopic (exact) mass is 551 g/mol. The molecule has 2 aromatic heterocycles. The molecule has 8 heteroatoms. The van der Waals surface area contributed by atoms with Crippen molar-refractivity contribution in [3.8, 4) is 11.1 Å². The molecule has 0 atom stereocenters. The Kier molecular flexibility index (Phi) is 8.49. The van der Waals surface area contributed by atoms with E-state index in [9.17, 15) is 4.79 Å². The minimum absolute atomic E-state index is 0.0504. The quantitative estimate of drug-likeness (QED) is 0.200. The first-order chi connectivity index (χ1) is 20.1. The van der Waals surface area contributed by atoms with Crippen molar-refractivity contribution in [2.45, 2.75) is 25.7 Å². The Morgan fingerprint density at radius 2 is 1.73 bits per heavy atom. The van der Waals surface area contributed by atoms with E-state index in [1.807, 2.05) is 24.4 Å². The highest BCUT2D eigenvalue weighted by Gasteiger charge is 2.20. The number of nitrogens with zero attached hydrogens (tertiary/aromatic N) is 4. The van der Waals surface area contributed by atoms with Crippen LogP contribution >= 0.6 is 0 Å². The van der Waals surface area contributed by atoms with Crippen LogP contribution in [-0.4, -0.2) is 84.6 Å². The van der Waals surface area contributed by atoms with Crippen LogP contribution in [0.5, 0.6) is 0 Å². The molecule has 8 nitrogen and oxygen atoms in total. The van der Waals surface area contributed by atoms with Crippen LogP contribution in [0, 0.1) is 0 Å². The minimum Gasteiger partial charge on any atom is -0.399 e. The Balaban J connectivity index is 1.05. The molecule has 1 amide bonds. The first-order valence-electron chi connectivity index (χ1n) is 15.0. The summed E-state index contributed by atoms with van der Waals surface area (Å²) < 4.78 is 0. The molecule has 2 aliphatic rings. The van der Waals surface area contributed by atoms with Crippen LogP contribution in [0.25, 0.3) is 22.0 Å². The summed E-state index contributed by atoms with van der Waals surface area (Å²) >= 11 is 0. The third-order valence-electron chi connectivity index (χ3n) is 8.55. The van der Waals surface area contributed by atoms with Gasteiger partial charge in [-0.15, -0.1) is 0 Å². The molecule has 214 valence electrons. The van der Waals surface area contributed by atoms with Gasteiger partial charge in [0, 0.05) is 91.3 Å². The van der Waals surface area contributed by atoms with E-state index in [4.69, 9.17) is 5.73 Å². The predicted molar refractivity (Wildman–Crippen MR) is 167 cm³/mol. The topological polar surface area (TPSA) is 93.5 Å². The number of aromatic amines is 1. The Hall–Kier alpha value is -3.88. The molecule has 0 radical (unpaired) electrons. The molecule has 4 N–H and O–H groups in total. The van der Waals surface area contributed by atoms with Crippen molar-refractivity contribution in [1.82, 2.24) is 25.1 Å². The van der Waals surface area contributed by atoms with E-state index in [-0.39, 0.29) is 5.91 Å². The van der Waals surface area contributed by atoms with Crippen LogP contribution < -0.4 is 16.0 Å². The lowest BCUT2D eigenvalue weighted by molar-refractivity contribution is 0.0951. The molecule has 4 heterocycles. The van der Waals surface area contributed by atoms with E-state index in [1.54, 1.807) is 6.20 Å². The zero-order valence-electron chi connectivity index (χ0n) is 23.8. The van der Waals surface area contributed by atoms with Crippen molar-refractivity contribution < 1.29 is 4.79 Å². The van der Waals surface area contributed by atoms with E-state index in [0.29, 0.717) is 12.1 Å². The van der Waals surface area contributed by atoms with Gasteiger partial charge >= 0.3 is 0 Å². The fraction of sp³-hybridized carbons (Fsp3) is 0.394. The van der Waals surface area contributed by atoms with Crippen LogP contribution in [0.2, 0.25) is 0 Å². The summed E-state index contributed by atoms with van der Waals surface area (Å²) in [7, 11) is 0. The maximum atomic E-state index is 12.9. The van der Waals surface area contributed by atoms with Gasteiger partial charge in [0.2, 0.25) is 0 Å². The number of carbonyl (C=O) groups is 1. The molecular formula is C33H41N7O. The molecule has 6 rings (SSSR count). The van der Waals surface area contributed by atoms with Gasteiger partial charge in [0.25, 0.3) is 5.91 Å². The first kappa shape index (κ1) is 27.3. The second-order valence-electron chi connectivity index (χ2n) is 11.3. The predicted octanol–water partition coefficient (Wildman–Crippen LogP) is 4.39. The Morgan fingerprint density at radius 3 is 2.59 bits per heavy atom. The zero-order valence-corrected chi connectivity index (χ0v) is 23.8. The Labute approximate surface area is 242 Å². The lowest BCUT2D eigenvalue weighted by Gasteiger charge is -2.37. The van der Waals surface area contributed by atoms with Gasteiger partial charge in [0.05, 0.1) is 5.56 Å². The summed E-state index contributed by atoms with van der Waals surface area (Å²) in [4.78, 5) is 28.2. The lowest BCUT2D eigenvalue weighted by Crippen LogP contribution is -2.47. The van der Waals surface area contributed by atoms with E-state index < -0.39 is 0 Å². The van der Waals surface area contributed by atoms with Crippen LogP contribution in [0.4, 0.5) is 11.4 Å². The SMILES string of the molecule is Nc1ccc2c(CCN3CCN(c4ccccc4-c4cncc(C(=O)NCCCN5CCCC5)c4)CC3)c[nH]c2c1. The number of hydrogen-bond acceptors (Lipinski definition) is 6. The molecule has 2 aliphatic heterocycles. The number of anilines is 2. The molecule has 0 spiro atoms. The van der Waals surface area contributed by atoms with Crippen molar-refractivity contribution in [2.75, 3.05) is 69.5 Å². The average molecular weight is 552 g/mol. The number of pyridine rings is 1. The Bertz CT molecular complexity index is 1470. The Morgan fingerprint density at radius 1 is 0.927 bits per heavy atom. The number of rotatable bonds is 10. The molecule has 0 aliphatic carbocycles. The number of nitrogens with one attached hydrogen (secondary N) is 2. The minimum atomic E-state index is -0.0504. The number of amides is 1. The molecule has 2 saturated heterocycles. The van der Waals surface area contributed by atoms with Gasteiger partial charge in [-0.1, -0.05) is 24.3 Å². The lowest BCUT2D eigenvalue weighted by atomic mass is 10.0. The van der Waals surface area contributed by atoms with Gasteiger partial charge in [0.15, 0.2) is 0 Å². The largest absolute Gasteiger partial charge is 0.399 e. The highest BCUT2D eigenvalue weighted by molar-refractivity contribution is 5.95. The molecule has 4 aromatic rings. The van der Waals surface area contributed by atoms with Gasteiger partial charge in [-0.05, 0) is 75.1 Å². The van der Waals surface area contributed by atoms with E-state index >= 15 is 0 Å². The number of nitrogens with two attached hydrogens (primary N) is 1. The normalized spacial score (nSPS) is 16.4. The van der Waals surface area contributed by atoms with E-state index in [0.717, 1.165) is 74.4 Å². The maximum Gasteiger partial charge on any atom is 0.252 e. The summed E-state index contributed by atoms with van der Waals surface area (Å²) in [6, 6.07) is 16.6. The molecule has 2 aromatic carbocycles. The van der Waals surface area contributed by atoms with Crippen LogP contribution in [0.3, 0.4) is 0 Å². The molecule has 41 heavy (non-hydrogen) atoms. The third-order valence-corrected chi connectivity index (χ3v) is 8.55. The number of para-hydroxylation sites is 1. The van der Waals surface area contributed by atoms with Gasteiger partial charge in [-0.25, -0.2) is 0 Å². The third kappa shape index (κ3) is 6.55. The summed E-state index contributed by atoms with van der Waals surface area (Å²) in [5.41, 5.74) is 13.1. The number of piperazine rings is 1. The fourth-order valence-electron chi connectivity index (χ4n) is 6.22. The van der Waals surface area contributed by atoms with Crippen molar-refractivity contribution in [3.05, 3.63) is 78.2 Å². The van der Waals surface area contributed by atoms with Gasteiger partial charge < -0.3 is 25.8 Å². The zero-order chi connectivity index (χ0) is 28.0. The second kappa shape index (κ2) is 12.7. The smallest absolute Gasteiger partial charge is 0.252 e. The summed E-state index contributed by atoms with van der Waals surface area (Å²) in [5, 5.41) is 4.35. The highest BCUT2D eigenvalue weighted by atomic mass is 16.1. The molecule has 0 bridgehead atoms. The van der Waals surface area contributed by atoms with Crippen LogP contribution in [0.15, 0.2) is 67.1 Å². The molecule has 0 saturated carbocycles.